The third-order valence-corrected chi connectivity index (χ3v) is 1.43. The van der Waals surface area contributed by atoms with Crippen LogP contribution in [0.2, 0.25) is 0 Å². The van der Waals surface area contributed by atoms with Crippen molar-refractivity contribution in [2.24, 2.45) is 0 Å². The highest BCUT2D eigenvalue weighted by Gasteiger charge is 1.96. The van der Waals surface area contributed by atoms with Gasteiger partial charge in [-0.1, -0.05) is 19.1 Å². The van der Waals surface area contributed by atoms with Gasteiger partial charge in [0.15, 0.2) is 0 Å². The van der Waals surface area contributed by atoms with E-state index in [4.69, 9.17) is 0 Å². The molecule has 64 valence electrons. The zero-order valence-electron chi connectivity index (χ0n) is 6.85. The van der Waals surface area contributed by atoms with Crippen LogP contribution in [0.4, 0.5) is 8.78 Å². The molecule has 0 amide bonds. The lowest BCUT2D eigenvalue weighted by atomic mass is 10.2. The lowest BCUT2D eigenvalue weighted by molar-refractivity contribution is 0.583. The second-order valence-electron chi connectivity index (χ2n) is 2.51. The van der Waals surface area contributed by atoms with E-state index in [1.807, 2.05) is 13.0 Å². The van der Waals surface area contributed by atoms with E-state index < -0.39 is 11.6 Å². The summed E-state index contributed by atoms with van der Waals surface area (Å²) in [5, 5.41) is 0. The molecule has 0 nitrogen and oxygen atoms in total. The van der Waals surface area contributed by atoms with Crippen LogP contribution in [0.5, 0.6) is 0 Å². The Labute approximate surface area is 70.5 Å². The molecule has 0 aliphatic carbocycles. The molecule has 0 atom stereocenters. The Kier molecular flexibility index (Phi) is 2.97. The van der Waals surface area contributed by atoms with Gasteiger partial charge in [0.05, 0.1) is 0 Å². The van der Waals surface area contributed by atoms with Crippen LogP contribution < -0.4 is 0 Å². The molecule has 1 aromatic carbocycles. The normalized spacial score (nSPS) is 10.9. The Morgan fingerprint density at radius 1 is 1.17 bits per heavy atom. The van der Waals surface area contributed by atoms with Gasteiger partial charge in [0.1, 0.15) is 11.6 Å². The van der Waals surface area contributed by atoms with Crippen molar-refractivity contribution in [1.29, 1.82) is 0 Å². The summed E-state index contributed by atoms with van der Waals surface area (Å²) in [4.78, 5) is 0. The summed E-state index contributed by atoms with van der Waals surface area (Å²) in [6.45, 7) is 1.96. The van der Waals surface area contributed by atoms with Crippen molar-refractivity contribution >= 4 is 6.08 Å². The predicted octanol–water partition coefficient (Wildman–Crippen LogP) is 3.39. The van der Waals surface area contributed by atoms with E-state index >= 15 is 0 Å². The highest BCUT2D eigenvalue weighted by Crippen LogP contribution is 2.09. The van der Waals surface area contributed by atoms with Crippen LogP contribution in [0.25, 0.3) is 6.08 Å². The average molecular weight is 168 g/mol. The maximum Gasteiger partial charge on any atom is 0.126 e. The summed E-state index contributed by atoms with van der Waals surface area (Å²) in [5.41, 5.74) is 0.564. The molecule has 0 unspecified atom stereocenters. The Hall–Kier alpha value is -1.18. The first-order valence-electron chi connectivity index (χ1n) is 3.85. The number of allylic oxidation sites excluding steroid dienone is 1. The van der Waals surface area contributed by atoms with Gasteiger partial charge in [0, 0.05) is 6.07 Å². The third kappa shape index (κ3) is 2.46. The van der Waals surface area contributed by atoms with Crippen molar-refractivity contribution in [3.63, 3.8) is 0 Å². The van der Waals surface area contributed by atoms with Crippen molar-refractivity contribution < 1.29 is 8.78 Å². The molecule has 0 bridgehead atoms. The van der Waals surface area contributed by atoms with Gasteiger partial charge in [0.2, 0.25) is 0 Å². The standard InChI is InChI=1S/C10H10F2/c1-2-3-4-8-5-9(11)7-10(12)6-8/h3-7H,2H2,1H3. The Bertz CT molecular complexity index is 270. The van der Waals surface area contributed by atoms with Gasteiger partial charge in [0.25, 0.3) is 0 Å². The van der Waals surface area contributed by atoms with Crippen molar-refractivity contribution in [2.45, 2.75) is 13.3 Å². The van der Waals surface area contributed by atoms with Gasteiger partial charge in [-0.3, -0.25) is 0 Å². The number of rotatable bonds is 2. The number of hydrogen-bond donors (Lipinski definition) is 0. The second kappa shape index (κ2) is 4.00. The van der Waals surface area contributed by atoms with Crippen LogP contribution in [0, 0.1) is 11.6 Å². The van der Waals surface area contributed by atoms with Gasteiger partial charge < -0.3 is 0 Å². The van der Waals surface area contributed by atoms with Gasteiger partial charge in [-0.15, -0.1) is 0 Å². The molecule has 0 N–H and O–H groups in total. The summed E-state index contributed by atoms with van der Waals surface area (Å²) in [5.74, 6) is -1.07. The molecule has 0 spiro atoms. The molecule has 0 aromatic heterocycles. The topological polar surface area (TPSA) is 0 Å². The molecule has 1 aromatic rings. The molecule has 1 rings (SSSR count). The van der Waals surface area contributed by atoms with E-state index in [0.29, 0.717) is 5.56 Å². The molecule has 0 fully saturated rings. The van der Waals surface area contributed by atoms with Crippen LogP contribution in [-0.4, -0.2) is 0 Å². The fourth-order valence-electron chi connectivity index (χ4n) is 0.925. The van der Waals surface area contributed by atoms with Gasteiger partial charge >= 0.3 is 0 Å². The van der Waals surface area contributed by atoms with Crippen molar-refractivity contribution in [3.8, 4) is 0 Å². The summed E-state index contributed by atoms with van der Waals surface area (Å²) in [6, 6.07) is 3.47. The maximum absolute atomic E-state index is 12.6. The quantitative estimate of drug-likeness (QED) is 0.635. The van der Waals surface area contributed by atoms with E-state index in [2.05, 4.69) is 0 Å². The highest BCUT2D eigenvalue weighted by molar-refractivity contribution is 5.49. The van der Waals surface area contributed by atoms with Crippen LogP contribution >= 0.6 is 0 Å². The number of hydrogen-bond acceptors (Lipinski definition) is 0. The van der Waals surface area contributed by atoms with E-state index in [0.717, 1.165) is 12.5 Å². The minimum atomic E-state index is -0.536. The molecular weight excluding hydrogens is 158 g/mol. The molecule has 12 heavy (non-hydrogen) atoms. The SMILES string of the molecule is CCC=Cc1cc(F)cc(F)c1. The summed E-state index contributed by atoms with van der Waals surface area (Å²) in [7, 11) is 0. The smallest absolute Gasteiger partial charge is 0.126 e. The van der Waals surface area contributed by atoms with Crippen LogP contribution in [0.15, 0.2) is 24.3 Å². The summed E-state index contributed by atoms with van der Waals surface area (Å²) in [6.07, 6.45) is 4.42. The Morgan fingerprint density at radius 2 is 1.75 bits per heavy atom. The second-order valence-corrected chi connectivity index (χ2v) is 2.51. The molecule has 0 aliphatic heterocycles. The molecule has 0 saturated carbocycles. The Morgan fingerprint density at radius 3 is 2.25 bits per heavy atom. The molecule has 0 heterocycles. The van der Waals surface area contributed by atoms with E-state index in [-0.39, 0.29) is 0 Å². The van der Waals surface area contributed by atoms with E-state index in [9.17, 15) is 8.78 Å². The van der Waals surface area contributed by atoms with Crippen molar-refractivity contribution in [1.82, 2.24) is 0 Å². The molecule has 2 heteroatoms. The molecule has 0 saturated heterocycles. The first-order valence-corrected chi connectivity index (χ1v) is 3.85. The Balaban J connectivity index is 2.93. The molecular formula is C10H10F2. The van der Waals surface area contributed by atoms with Crippen molar-refractivity contribution in [2.75, 3.05) is 0 Å². The van der Waals surface area contributed by atoms with Crippen molar-refractivity contribution in [3.05, 3.63) is 41.5 Å². The maximum atomic E-state index is 12.6. The fourth-order valence-corrected chi connectivity index (χ4v) is 0.925. The first kappa shape index (κ1) is 8.91. The fraction of sp³-hybridized carbons (Fsp3) is 0.200. The number of halogens is 2. The summed E-state index contributed by atoms with van der Waals surface area (Å²) >= 11 is 0. The van der Waals surface area contributed by atoms with E-state index in [1.165, 1.54) is 12.1 Å². The van der Waals surface area contributed by atoms with Crippen LogP contribution in [-0.2, 0) is 0 Å². The lowest BCUT2D eigenvalue weighted by Gasteiger charge is -1.94. The number of benzene rings is 1. The van der Waals surface area contributed by atoms with Gasteiger partial charge in [-0.2, -0.15) is 0 Å². The van der Waals surface area contributed by atoms with Gasteiger partial charge in [-0.25, -0.2) is 8.78 Å². The third-order valence-electron chi connectivity index (χ3n) is 1.43. The zero-order valence-corrected chi connectivity index (χ0v) is 6.85. The lowest BCUT2D eigenvalue weighted by Crippen LogP contribution is -1.81. The van der Waals surface area contributed by atoms with Crippen LogP contribution in [0.3, 0.4) is 0 Å². The highest BCUT2D eigenvalue weighted by atomic mass is 19.1. The minimum absolute atomic E-state index is 0.536. The van der Waals surface area contributed by atoms with E-state index in [1.54, 1.807) is 6.08 Å². The average Bonchev–Trinajstić information content (AvgIpc) is 1.99. The van der Waals surface area contributed by atoms with Crippen LogP contribution in [0.1, 0.15) is 18.9 Å². The first-order chi connectivity index (χ1) is 5.72. The largest absolute Gasteiger partial charge is 0.207 e. The predicted molar refractivity (Wildman–Crippen MR) is 45.7 cm³/mol. The van der Waals surface area contributed by atoms with Gasteiger partial charge in [-0.05, 0) is 24.1 Å². The molecule has 0 aliphatic rings. The monoisotopic (exact) mass is 168 g/mol. The molecule has 0 radical (unpaired) electrons. The minimum Gasteiger partial charge on any atom is -0.207 e. The summed E-state index contributed by atoms with van der Waals surface area (Å²) < 4.78 is 25.2. The zero-order chi connectivity index (χ0) is 8.97.